The van der Waals surface area contributed by atoms with Crippen molar-refractivity contribution in [3.8, 4) is 5.75 Å². The van der Waals surface area contributed by atoms with Gasteiger partial charge in [0.25, 0.3) is 0 Å². The third kappa shape index (κ3) is 6.86. The van der Waals surface area contributed by atoms with Gasteiger partial charge in [0.05, 0.1) is 17.3 Å². The van der Waals surface area contributed by atoms with Crippen LogP contribution in [0.1, 0.15) is 51.4 Å². The summed E-state index contributed by atoms with van der Waals surface area (Å²) in [7, 11) is 5.95. The fourth-order valence-electron chi connectivity index (χ4n) is 4.73. The summed E-state index contributed by atoms with van der Waals surface area (Å²) in [5.41, 5.74) is 0.811. The highest BCUT2D eigenvalue weighted by Crippen LogP contribution is 2.34. The molecule has 8 nitrogen and oxygen atoms in total. The Morgan fingerprint density at radius 1 is 1.00 bits per heavy atom. The smallest absolute Gasteiger partial charge is 0.233 e. The first-order valence-corrected chi connectivity index (χ1v) is 12.9. The molecule has 2 N–H and O–H groups in total. The van der Waals surface area contributed by atoms with E-state index in [2.05, 4.69) is 50.5 Å². The van der Waals surface area contributed by atoms with Crippen LogP contribution in [0.15, 0.2) is 22.7 Å². The third-order valence-corrected chi connectivity index (χ3v) is 7.41. The fourth-order valence-corrected chi connectivity index (χ4v) is 5.26. The van der Waals surface area contributed by atoms with Crippen LogP contribution in [0, 0.1) is 0 Å². The van der Waals surface area contributed by atoms with Crippen LogP contribution in [0.5, 0.6) is 5.75 Å². The molecule has 1 aromatic heterocycles. The van der Waals surface area contributed by atoms with Crippen molar-refractivity contribution in [2.24, 2.45) is 0 Å². The standard InChI is InChI=1S/C24H36BrN7O.ClH/c1-31-15-13-18(14-16-31)32(2)24-29-22(26-17-9-6-4-5-7-10-17)28-23(30-24)27-20-12-8-11-19(25)21(20)33-3;/h8,11-12,17-18H,4-7,9-10,13-16H2,1-3H3,(H2,26,27,28,29,30);1H. The van der Waals surface area contributed by atoms with E-state index in [4.69, 9.17) is 19.7 Å². The Morgan fingerprint density at radius 2 is 1.68 bits per heavy atom. The Kier molecular flexibility index (Phi) is 10.0. The second kappa shape index (κ2) is 12.7. The molecular weight excluding hydrogens is 518 g/mol. The summed E-state index contributed by atoms with van der Waals surface area (Å²) >= 11 is 3.56. The third-order valence-electron chi connectivity index (χ3n) is 6.78. The maximum Gasteiger partial charge on any atom is 0.233 e. The quantitative estimate of drug-likeness (QED) is 0.436. The molecule has 2 aliphatic rings. The number of hydrogen-bond acceptors (Lipinski definition) is 8. The molecule has 188 valence electrons. The maximum atomic E-state index is 5.59. The van der Waals surface area contributed by atoms with E-state index in [1.54, 1.807) is 7.11 Å². The van der Waals surface area contributed by atoms with Crippen LogP contribution in [-0.4, -0.2) is 66.2 Å². The second-order valence-corrected chi connectivity index (χ2v) is 10.1. The van der Waals surface area contributed by atoms with Crippen molar-refractivity contribution < 1.29 is 4.74 Å². The molecule has 34 heavy (non-hydrogen) atoms. The van der Waals surface area contributed by atoms with Gasteiger partial charge in [-0.05, 0) is 73.9 Å². The molecule has 1 saturated heterocycles. The van der Waals surface area contributed by atoms with E-state index >= 15 is 0 Å². The van der Waals surface area contributed by atoms with Crippen LogP contribution in [0.25, 0.3) is 0 Å². The molecule has 2 fully saturated rings. The minimum absolute atomic E-state index is 0. The molecule has 1 aliphatic heterocycles. The van der Waals surface area contributed by atoms with Crippen molar-refractivity contribution in [2.75, 3.05) is 49.8 Å². The number of aromatic nitrogens is 3. The van der Waals surface area contributed by atoms with E-state index in [1.807, 2.05) is 18.2 Å². The zero-order valence-corrected chi connectivity index (χ0v) is 22.8. The Bertz CT molecular complexity index is 918. The summed E-state index contributed by atoms with van der Waals surface area (Å²) in [6, 6.07) is 6.71. The lowest BCUT2D eigenvalue weighted by molar-refractivity contribution is 0.252. The number of benzene rings is 1. The molecule has 0 bridgehead atoms. The van der Waals surface area contributed by atoms with E-state index in [0.717, 1.165) is 54.7 Å². The average molecular weight is 555 g/mol. The Balaban J connectivity index is 0.00000324. The van der Waals surface area contributed by atoms with Gasteiger partial charge in [0.2, 0.25) is 17.8 Å². The highest BCUT2D eigenvalue weighted by molar-refractivity contribution is 9.10. The van der Waals surface area contributed by atoms with Gasteiger partial charge in [0.1, 0.15) is 0 Å². The molecule has 2 heterocycles. The first-order chi connectivity index (χ1) is 16.0. The molecule has 1 aromatic carbocycles. The summed E-state index contributed by atoms with van der Waals surface area (Å²) in [5.74, 6) is 2.59. The largest absolute Gasteiger partial charge is 0.493 e. The van der Waals surface area contributed by atoms with Crippen molar-refractivity contribution in [2.45, 2.75) is 63.5 Å². The summed E-state index contributed by atoms with van der Waals surface area (Å²) in [6.45, 7) is 2.18. The van der Waals surface area contributed by atoms with Gasteiger partial charge in [0, 0.05) is 19.1 Å². The van der Waals surface area contributed by atoms with E-state index < -0.39 is 0 Å². The number of nitrogens with zero attached hydrogens (tertiary/aromatic N) is 5. The Labute approximate surface area is 217 Å². The minimum atomic E-state index is 0. The van der Waals surface area contributed by atoms with Crippen LogP contribution in [0.2, 0.25) is 0 Å². The van der Waals surface area contributed by atoms with Gasteiger partial charge in [-0.15, -0.1) is 12.4 Å². The highest BCUT2D eigenvalue weighted by Gasteiger charge is 2.24. The molecule has 0 radical (unpaired) electrons. The molecule has 0 amide bonds. The van der Waals surface area contributed by atoms with Crippen LogP contribution in [-0.2, 0) is 0 Å². The molecule has 0 atom stereocenters. The van der Waals surface area contributed by atoms with E-state index in [1.165, 1.54) is 25.7 Å². The predicted molar refractivity (Wildman–Crippen MR) is 145 cm³/mol. The minimum Gasteiger partial charge on any atom is -0.493 e. The first-order valence-electron chi connectivity index (χ1n) is 12.1. The van der Waals surface area contributed by atoms with Crippen molar-refractivity contribution in [1.29, 1.82) is 0 Å². The molecule has 4 rings (SSSR count). The van der Waals surface area contributed by atoms with E-state index in [9.17, 15) is 0 Å². The lowest BCUT2D eigenvalue weighted by atomic mass is 10.0. The SMILES string of the molecule is COc1c(Br)cccc1Nc1nc(NC2CCCCCC2)nc(N(C)C2CCN(C)CC2)n1.Cl. The first kappa shape index (κ1) is 26.8. The molecule has 0 spiro atoms. The van der Waals surface area contributed by atoms with Crippen LogP contribution >= 0.6 is 28.3 Å². The van der Waals surface area contributed by atoms with Crippen molar-refractivity contribution in [3.05, 3.63) is 22.7 Å². The number of ether oxygens (including phenoxy) is 1. The van der Waals surface area contributed by atoms with Crippen molar-refractivity contribution >= 4 is 51.9 Å². The van der Waals surface area contributed by atoms with Gasteiger partial charge in [0.15, 0.2) is 5.75 Å². The molecule has 2 aromatic rings. The summed E-state index contributed by atoms with van der Waals surface area (Å²) in [4.78, 5) is 19.0. The van der Waals surface area contributed by atoms with Gasteiger partial charge >= 0.3 is 0 Å². The number of piperidine rings is 1. The molecule has 1 aliphatic carbocycles. The second-order valence-electron chi connectivity index (χ2n) is 9.21. The van der Waals surface area contributed by atoms with Gasteiger partial charge in [-0.3, -0.25) is 0 Å². The lowest BCUT2D eigenvalue weighted by Gasteiger charge is -2.35. The van der Waals surface area contributed by atoms with Gasteiger partial charge < -0.3 is 25.2 Å². The summed E-state index contributed by atoms with van der Waals surface area (Å²) in [6.07, 6.45) is 9.67. The van der Waals surface area contributed by atoms with Gasteiger partial charge in [-0.1, -0.05) is 31.7 Å². The van der Waals surface area contributed by atoms with Crippen LogP contribution in [0.3, 0.4) is 0 Å². The lowest BCUT2D eigenvalue weighted by Crippen LogP contribution is -2.42. The van der Waals surface area contributed by atoms with E-state index in [0.29, 0.717) is 29.9 Å². The van der Waals surface area contributed by atoms with E-state index in [-0.39, 0.29) is 12.4 Å². The number of nitrogens with one attached hydrogen (secondary N) is 2. The monoisotopic (exact) mass is 553 g/mol. The van der Waals surface area contributed by atoms with Crippen molar-refractivity contribution in [3.63, 3.8) is 0 Å². The Hall–Kier alpha value is -1.84. The Morgan fingerprint density at radius 3 is 2.35 bits per heavy atom. The average Bonchev–Trinajstić information content (AvgIpc) is 3.08. The summed E-state index contributed by atoms with van der Waals surface area (Å²) < 4.78 is 6.46. The fraction of sp³-hybridized carbons (Fsp3) is 0.625. The number of para-hydroxylation sites is 1. The number of halogens is 2. The number of methoxy groups -OCH3 is 1. The number of likely N-dealkylation sites (tertiary alicyclic amines) is 1. The predicted octanol–water partition coefficient (Wildman–Crippen LogP) is 5.47. The molecule has 1 saturated carbocycles. The number of rotatable bonds is 7. The molecule has 0 unspecified atom stereocenters. The van der Waals surface area contributed by atoms with Gasteiger partial charge in [-0.2, -0.15) is 15.0 Å². The normalized spacial score (nSPS) is 18.0. The summed E-state index contributed by atoms with van der Waals surface area (Å²) in [5, 5.41) is 6.98. The zero-order valence-electron chi connectivity index (χ0n) is 20.4. The topological polar surface area (TPSA) is 78.4 Å². The van der Waals surface area contributed by atoms with Crippen LogP contribution < -0.4 is 20.3 Å². The maximum absolute atomic E-state index is 5.59. The van der Waals surface area contributed by atoms with Crippen molar-refractivity contribution in [1.82, 2.24) is 19.9 Å². The number of hydrogen-bond donors (Lipinski definition) is 2. The van der Waals surface area contributed by atoms with Gasteiger partial charge in [-0.25, -0.2) is 0 Å². The zero-order chi connectivity index (χ0) is 23.2. The van der Waals surface area contributed by atoms with Crippen LogP contribution in [0.4, 0.5) is 23.5 Å². The number of anilines is 4. The molecular formula is C24H37BrClN7O. The highest BCUT2D eigenvalue weighted by atomic mass is 79.9. The molecule has 10 heteroatoms.